The van der Waals surface area contributed by atoms with Crippen LogP contribution in [0.5, 0.6) is 0 Å². The zero-order valence-corrected chi connectivity index (χ0v) is 12.8. The highest BCUT2D eigenvalue weighted by Gasteiger charge is 2.32. The lowest BCUT2D eigenvalue weighted by atomic mass is 10.2. The number of pyridine rings is 1. The van der Waals surface area contributed by atoms with E-state index in [1.165, 1.54) is 17.4 Å². The molecule has 0 N–H and O–H groups in total. The Morgan fingerprint density at radius 1 is 1.13 bits per heavy atom. The van der Waals surface area contributed by atoms with Gasteiger partial charge >= 0.3 is 6.18 Å². The molecule has 0 radical (unpaired) electrons. The van der Waals surface area contributed by atoms with Crippen LogP contribution >= 0.6 is 11.3 Å². The van der Waals surface area contributed by atoms with Gasteiger partial charge in [0.25, 0.3) is 5.91 Å². The van der Waals surface area contributed by atoms with E-state index in [2.05, 4.69) is 14.9 Å². The summed E-state index contributed by atoms with van der Waals surface area (Å²) in [5.41, 5.74) is -0.830. The molecular formula is C14H13F3N4OS. The van der Waals surface area contributed by atoms with E-state index in [4.69, 9.17) is 0 Å². The van der Waals surface area contributed by atoms with Gasteiger partial charge in [0.05, 0.1) is 5.56 Å². The number of anilines is 1. The predicted molar refractivity (Wildman–Crippen MR) is 79.5 cm³/mol. The number of hydrogen-bond acceptors (Lipinski definition) is 5. The Morgan fingerprint density at radius 2 is 1.87 bits per heavy atom. The average molecular weight is 342 g/mol. The van der Waals surface area contributed by atoms with Crippen molar-refractivity contribution in [2.24, 2.45) is 0 Å². The molecule has 0 atom stereocenters. The molecule has 1 aliphatic heterocycles. The monoisotopic (exact) mass is 342 g/mol. The summed E-state index contributed by atoms with van der Waals surface area (Å²) in [7, 11) is 0. The van der Waals surface area contributed by atoms with Gasteiger partial charge in [-0.15, -0.1) is 11.3 Å². The molecule has 2 aromatic rings. The highest BCUT2D eigenvalue weighted by Crippen LogP contribution is 2.27. The normalized spacial score (nSPS) is 15.8. The first-order valence-corrected chi connectivity index (χ1v) is 7.80. The summed E-state index contributed by atoms with van der Waals surface area (Å²) in [5.74, 6) is -0.301. The largest absolute Gasteiger partial charge is 0.433 e. The standard InChI is InChI=1S/C14H13F3N4OS/c15-14(16,17)11-2-1-10(9-19-11)12(22)20-4-6-21(7-5-20)13-18-3-8-23-13/h1-3,8-9H,4-7H2. The lowest BCUT2D eigenvalue weighted by Gasteiger charge is -2.34. The molecule has 2 aromatic heterocycles. The summed E-state index contributed by atoms with van der Waals surface area (Å²) in [6.45, 7) is 2.29. The number of rotatable bonds is 2. The van der Waals surface area contributed by atoms with Crippen molar-refractivity contribution in [1.29, 1.82) is 0 Å². The van der Waals surface area contributed by atoms with Crippen molar-refractivity contribution in [2.75, 3.05) is 31.1 Å². The SMILES string of the molecule is O=C(c1ccc(C(F)(F)F)nc1)N1CCN(c2nccs2)CC1. The molecule has 0 aliphatic carbocycles. The Hall–Kier alpha value is -2.16. The minimum Gasteiger partial charge on any atom is -0.345 e. The number of aromatic nitrogens is 2. The topological polar surface area (TPSA) is 49.3 Å². The molecule has 23 heavy (non-hydrogen) atoms. The molecule has 5 nitrogen and oxygen atoms in total. The van der Waals surface area contributed by atoms with Gasteiger partial charge in [-0.25, -0.2) is 4.98 Å². The van der Waals surface area contributed by atoms with Crippen LogP contribution in [-0.2, 0) is 6.18 Å². The number of thiazole rings is 1. The van der Waals surface area contributed by atoms with E-state index >= 15 is 0 Å². The Balaban J connectivity index is 1.63. The molecule has 3 rings (SSSR count). The van der Waals surface area contributed by atoms with Crippen LogP contribution in [0.25, 0.3) is 0 Å². The van der Waals surface area contributed by atoms with Gasteiger partial charge in [-0.1, -0.05) is 0 Å². The lowest BCUT2D eigenvalue weighted by Crippen LogP contribution is -2.48. The molecule has 0 bridgehead atoms. The van der Waals surface area contributed by atoms with E-state index in [1.807, 2.05) is 5.38 Å². The van der Waals surface area contributed by atoms with Crippen LogP contribution in [0.1, 0.15) is 16.1 Å². The van der Waals surface area contributed by atoms with Gasteiger partial charge in [-0.2, -0.15) is 13.2 Å². The molecule has 0 aromatic carbocycles. The molecular weight excluding hydrogens is 329 g/mol. The van der Waals surface area contributed by atoms with Crippen molar-refractivity contribution in [3.8, 4) is 0 Å². The van der Waals surface area contributed by atoms with Crippen LogP contribution in [0.4, 0.5) is 18.3 Å². The summed E-state index contributed by atoms with van der Waals surface area (Å²) in [4.78, 5) is 23.6. The molecule has 1 amide bonds. The van der Waals surface area contributed by atoms with Crippen LogP contribution in [-0.4, -0.2) is 47.0 Å². The van der Waals surface area contributed by atoms with Gasteiger partial charge in [0.15, 0.2) is 5.13 Å². The molecule has 0 unspecified atom stereocenters. The molecule has 0 spiro atoms. The Bertz CT molecular complexity index is 664. The van der Waals surface area contributed by atoms with Crippen LogP contribution < -0.4 is 4.90 Å². The van der Waals surface area contributed by atoms with Crippen molar-refractivity contribution in [3.05, 3.63) is 41.2 Å². The van der Waals surface area contributed by atoms with E-state index in [1.54, 1.807) is 11.1 Å². The van der Waals surface area contributed by atoms with Gasteiger partial charge in [0.2, 0.25) is 0 Å². The van der Waals surface area contributed by atoms with Gasteiger partial charge in [-0.05, 0) is 12.1 Å². The van der Waals surface area contributed by atoms with Crippen molar-refractivity contribution in [1.82, 2.24) is 14.9 Å². The number of piperazine rings is 1. The fourth-order valence-electron chi connectivity index (χ4n) is 2.34. The fraction of sp³-hybridized carbons (Fsp3) is 0.357. The first-order chi connectivity index (χ1) is 10.9. The molecule has 9 heteroatoms. The van der Waals surface area contributed by atoms with Crippen LogP contribution in [0, 0.1) is 0 Å². The van der Waals surface area contributed by atoms with E-state index in [0.717, 1.165) is 17.4 Å². The number of alkyl halides is 3. The zero-order valence-electron chi connectivity index (χ0n) is 12.0. The Kier molecular flexibility index (Phi) is 4.20. The van der Waals surface area contributed by atoms with Crippen molar-refractivity contribution in [2.45, 2.75) is 6.18 Å². The molecule has 1 fully saturated rings. The number of carbonyl (C=O) groups is 1. The predicted octanol–water partition coefficient (Wildman–Crippen LogP) is 2.52. The summed E-state index contributed by atoms with van der Waals surface area (Å²) >= 11 is 1.53. The second kappa shape index (κ2) is 6.15. The molecule has 1 saturated heterocycles. The van der Waals surface area contributed by atoms with Crippen LogP contribution in [0.15, 0.2) is 29.9 Å². The number of carbonyl (C=O) groups excluding carboxylic acids is 1. The summed E-state index contributed by atoms with van der Waals surface area (Å²) < 4.78 is 37.5. The highest BCUT2D eigenvalue weighted by molar-refractivity contribution is 7.13. The maximum Gasteiger partial charge on any atom is 0.433 e. The number of amides is 1. The molecule has 1 aliphatic rings. The van der Waals surface area contributed by atoms with Crippen LogP contribution in [0.3, 0.4) is 0 Å². The van der Waals surface area contributed by atoms with E-state index in [-0.39, 0.29) is 11.5 Å². The third kappa shape index (κ3) is 3.44. The number of halogens is 3. The van der Waals surface area contributed by atoms with Crippen molar-refractivity contribution >= 4 is 22.4 Å². The first kappa shape index (κ1) is 15.7. The Morgan fingerprint density at radius 3 is 2.39 bits per heavy atom. The van der Waals surface area contributed by atoms with Gasteiger partial charge in [-0.3, -0.25) is 9.78 Å². The summed E-state index contributed by atoms with van der Waals surface area (Å²) in [6, 6.07) is 2.00. The van der Waals surface area contributed by atoms with E-state index in [0.29, 0.717) is 26.2 Å². The van der Waals surface area contributed by atoms with Gasteiger partial charge in [0.1, 0.15) is 5.69 Å². The fourth-order valence-corrected chi connectivity index (χ4v) is 3.04. The van der Waals surface area contributed by atoms with Gasteiger partial charge < -0.3 is 9.80 Å². The van der Waals surface area contributed by atoms with Crippen molar-refractivity contribution < 1.29 is 18.0 Å². The third-order valence-corrected chi connectivity index (χ3v) is 4.39. The molecule has 0 saturated carbocycles. The average Bonchev–Trinajstić information content (AvgIpc) is 3.08. The van der Waals surface area contributed by atoms with Gasteiger partial charge in [0, 0.05) is 44.0 Å². The number of hydrogen-bond donors (Lipinski definition) is 0. The highest BCUT2D eigenvalue weighted by atomic mass is 32.1. The maximum atomic E-state index is 12.5. The van der Waals surface area contributed by atoms with Crippen molar-refractivity contribution in [3.63, 3.8) is 0 Å². The minimum atomic E-state index is -4.50. The smallest absolute Gasteiger partial charge is 0.345 e. The summed E-state index contributed by atoms with van der Waals surface area (Å²) in [6.07, 6.45) is -1.79. The Labute approximate surface area is 134 Å². The number of nitrogens with zero attached hydrogens (tertiary/aromatic N) is 4. The quantitative estimate of drug-likeness (QED) is 0.841. The molecule has 122 valence electrons. The van der Waals surface area contributed by atoms with E-state index < -0.39 is 11.9 Å². The minimum absolute atomic E-state index is 0.167. The third-order valence-electron chi connectivity index (χ3n) is 3.56. The second-order valence-corrected chi connectivity index (χ2v) is 5.90. The summed E-state index contributed by atoms with van der Waals surface area (Å²) in [5, 5.41) is 2.80. The lowest BCUT2D eigenvalue weighted by molar-refractivity contribution is -0.141. The van der Waals surface area contributed by atoms with E-state index in [9.17, 15) is 18.0 Å². The maximum absolute atomic E-state index is 12.5. The second-order valence-electron chi connectivity index (χ2n) is 5.02. The van der Waals surface area contributed by atoms with Crippen LogP contribution in [0.2, 0.25) is 0 Å². The zero-order chi connectivity index (χ0) is 16.4. The first-order valence-electron chi connectivity index (χ1n) is 6.92. The molecule has 3 heterocycles.